The van der Waals surface area contributed by atoms with Crippen molar-refractivity contribution in [3.8, 4) is 0 Å². The summed E-state index contributed by atoms with van der Waals surface area (Å²) in [5.74, 6) is 0. The van der Waals surface area contributed by atoms with Crippen LogP contribution in [-0.2, 0) is 0 Å². The Morgan fingerprint density at radius 3 is 1.93 bits per heavy atom. The molecule has 4 heteroatoms. The highest BCUT2D eigenvalue weighted by Gasteiger charge is 2.11. The molecule has 0 fully saturated rings. The predicted molar refractivity (Wildman–Crippen MR) is 86.3 cm³/mol. The Kier molecular flexibility index (Phi) is 21.3. The molecule has 0 aromatic heterocycles. The summed E-state index contributed by atoms with van der Waals surface area (Å²) >= 11 is 0. The quantitative estimate of drug-likeness (QED) is 0.482. The van der Waals surface area contributed by atoms with Crippen molar-refractivity contribution in [2.45, 2.75) is 51.6 Å². The minimum Gasteiger partial charge on any atom is -0.316 e. The first-order chi connectivity index (χ1) is 5.76. The molecular weight excluding hydrogens is 402 g/mol. The largest absolute Gasteiger partial charge is 0.316 e. The van der Waals surface area contributed by atoms with Crippen molar-refractivity contribution in [3.63, 3.8) is 0 Å². The third kappa shape index (κ3) is 9.92. The van der Waals surface area contributed by atoms with Gasteiger partial charge in [0.25, 0.3) is 0 Å². The van der Waals surface area contributed by atoms with Gasteiger partial charge in [0, 0.05) is 12.1 Å². The zero-order valence-electron chi connectivity index (χ0n) is 9.80. The van der Waals surface area contributed by atoms with Crippen molar-refractivity contribution < 1.29 is 0 Å². The summed E-state index contributed by atoms with van der Waals surface area (Å²) < 4.78 is 0. The molecule has 0 radical (unpaired) electrons. The van der Waals surface area contributed by atoms with E-state index < -0.39 is 0 Å². The molecule has 0 amide bonds. The van der Waals surface area contributed by atoms with Crippen molar-refractivity contribution in [3.05, 3.63) is 0 Å². The van der Waals surface area contributed by atoms with Crippen molar-refractivity contribution in [1.82, 2.24) is 10.6 Å². The van der Waals surface area contributed by atoms with Crippen LogP contribution in [0, 0.1) is 0 Å². The third-order valence-corrected chi connectivity index (χ3v) is 2.55. The number of halogens is 2. The lowest BCUT2D eigenvalue weighted by Gasteiger charge is -2.22. The lowest BCUT2D eigenvalue weighted by molar-refractivity contribution is 0.396. The van der Waals surface area contributed by atoms with Gasteiger partial charge in [-0.05, 0) is 27.4 Å². The fourth-order valence-electron chi connectivity index (χ4n) is 1.46. The molecule has 2 atom stereocenters. The fraction of sp³-hybridized carbons (Fsp3) is 1.00. The number of likely N-dealkylation sites (N-methyl/N-ethyl adjacent to an activating group) is 2. The molecule has 2 nitrogen and oxygen atoms in total. The van der Waals surface area contributed by atoms with Crippen molar-refractivity contribution in [2.75, 3.05) is 14.1 Å². The average molecular weight is 428 g/mol. The maximum absolute atomic E-state index is 3.35. The van der Waals surface area contributed by atoms with Crippen molar-refractivity contribution in [2.24, 2.45) is 0 Å². The van der Waals surface area contributed by atoms with E-state index in [9.17, 15) is 0 Å². The van der Waals surface area contributed by atoms with Crippen LogP contribution in [-0.4, -0.2) is 26.2 Å². The van der Waals surface area contributed by atoms with Crippen LogP contribution in [0.25, 0.3) is 0 Å². The molecule has 14 heavy (non-hydrogen) atoms. The molecule has 0 heterocycles. The molecule has 0 aliphatic rings. The van der Waals surface area contributed by atoms with E-state index in [0.717, 1.165) is 0 Å². The first-order valence-corrected chi connectivity index (χ1v) is 5.10. The molecular formula is C10H26I2N2. The Morgan fingerprint density at radius 2 is 1.57 bits per heavy atom. The number of unbranched alkanes of at least 4 members (excludes halogenated alkanes) is 2. The van der Waals surface area contributed by atoms with Gasteiger partial charge in [-0.15, -0.1) is 48.0 Å². The van der Waals surface area contributed by atoms with Crippen LogP contribution in [0.2, 0.25) is 0 Å². The van der Waals surface area contributed by atoms with Crippen LogP contribution < -0.4 is 10.6 Å². The summed E-state index contributed by atoms with van der Waals surface area (Å²) in [6.07, 6.45) is 5.29. The van der Waals surface area contributed by atoms with Gasteiger partial charge < -0.3 is 10.6 Å². The minimum absolute atomic E-state index is 0. The van der Waals surface area contributed by atoms with E-state index in [-0.39, 0.29) is 48.0 Å². The van der Waals surface area contributed by atoms with Gasteiger partial charge in [-0.25, -0.2) is 0 Å². The third-order valence-electron chi connectivity index (χ3n) is 2.55. The Morgan fingerprint density at radius 1 is 1.00 bits per heavy atom. The van der Waals surface area contributed by atoms with E-state index in [1.807, 2.05) is 14.1 Å². The average Bonchev–Trinajstić information content (AvgIpc) is 2.11. The van der Waals surface area contributed by atoms with E-state index >= 15 is 0 Å². The van der Waals surface area contributed by atoms with Crippen molar-refractivity contribution >= 4 is 48.0 Å². The van der Waals surface area contributed by atoms with E-state index in [0.29, 0.717) is 12.1 Å². The first kappa shape index (κ1) is 20.8. The second-order valence-electron chi connectivity index (χ2n) is 3.47. The van der Waals surface area contributed by atoms with Crippen LogP contribution in [0.3, 0.4) is 0 Å². The Hall–Kier alpha value is 1.38. The summed E-state index contributed by atoms with van der Waals surface area (Å²) in [7, 11) is 4.07. The maximum Gasteiger partial charge on any atom is 0.0215 e. The smallest absolute Gasteiger partial charge is 0.0215 e. The van der Waals surface area contributed by atoms with Gasteiger partial charge in [-0.3, -0.25) is 0 Å². The molecule has 0 spiro atoms. The Bertz CT molecular complexity index is 102. The molecule has 2 unspecified atom stereocenters. The van der Waals surface area contributed by atoms with E-state index in [4.69, 9.17) is 0 Å². The van der Waals surface area contributed by atoms with E-state index in [1.54, 1.807) is 0 Å². The molecule has 90 valence electrons. The van der Waals surface area contributed by atoms with Crippen molar-refractivity contribution in [1.29, 1.82) is 0 Å². The van der Waals surface area contributed by atoms with Gasteiger partial charge in [-0.2, -0.15) is 0 Å². The lowest BCUT2D eigenvalue weighted by Crippen LogP contribution is -2.43. The second-order valence-corrected chi connectivity index (χ2v) is 3.47. The van der Waals surface area contributed by atoms with Crippen LogP contribution >= 0.6 is 48.0 Å². The van der Waals surface area contributed by atoms with Gasteiger partial charge in [0.1, 0.15) is 0 Å². The fourth-order valence-corrected chi connectivity index (χ4v) is 1.46. The van der Waals surface area contributed by atoms with Crippen LogP contribution in [0.1, 0.15) is 39.5 Å². The standard InChI is InChI=1S/C10H24N2.2HI/c1-5-6-7-8-10(12-4)9(2)11-3;;/h9-12H,5-8H2,1-4H3;2*1H. The molecule has 0 bridgehead atoms. The normalized spacial score (nSPS) is 13.7. The second kappa shape index (κ2) is 14.4. The highest BCUT2D eigenvalue weighted by Crippen LogP contribution is 2.05. The molecule has 0 aliphatic carbocycles. The number of hydrogen-bond donors (Lipinski definition) is 2. The zero-order valence-corrected chi connectivity index (χ0v) is 14.5. The van der Waals surface area contributed by atoms with Gasteiger partial charge in [0.2, 0.25) is 0 Å². The molecule has 0 aromatic rings. The zero-order chi connectivity index (χ0) is 9.40. The van der Waals surface area contributed by atoms with Gasteiger partial charge in [0.15, 0.2) is 0 Å². The van der Waals surface area contributed by atoms with Gasteiger partial charge >= 0.3 is 0 Å². The lowest BCUT2D eigenvalue weighted by atomic mass is 10.0. The summed E-state index contributed by atoms with van der Waals surface area (Å²) in [6, 6.07) is 1.20. The predicted octanol–water partition coefficient (Wildman–Crippen LogP) is 3.00. The highest BCUT2D eigenvalue weighted by atomic mass is 127. The summed E-state index contributed by atoms with van der Waals surface area (Å²) in [5.41, 5.74) is 0. The molecule has 0 saturated heterocycles. The molecule has 2 N–H and O–H groups in total. The highest BCUT2D eigenvalue weighted by molar-refractivity contribution is 14.0. The maximum atomic E-state index is 3.35. The topological polar surface area (TPSA) is 24.1 Å². The van der Waals surface area contributed by atoms with Crippen LogP contribution in [0.15, 0.2) is 0 Å². The van der Waals surface area contributed by atoms with E-state index in [1.165, 1.54) is 25.7 Å². The van der Waals surface area contributed by atoms with Crippen LogP contribution in [0.5, 0.6) is 0 Å². The summed E-state index contributed by atoms with van der Waals surface area (Å²) in [5, 5.41) is 6.63. The molecule has 0 aliphatic heterocycles. The number of hydrogen-bond acceptors (Lipinski definition) is 2. The Labute approximate surface area is 123 Å². The van der Waals surface area contributed by atoms with E-state index in [2.05, 4.69) is 24.5 Å². The van der Waals surface area contributed by atoms with Gasteiger partial charge in [0.05, 0.1) is 0 Å². The monoisotopic (exact) mass is 428 g/mol. The van der Waals surface area contributed by atoms with Crippen LogP contribution in [0.4, 0.5) is 0 Å². The SMILES string of the molecule is CCCCCC(NC)C(C)NC.I.I. The molecule has 0 aromatic carbocycles. The molecule has 0 saturated carbocycles. The Balaban J connectivity index is -0.000000605. The van der Waals surface area contributed by atoms with Gasteiger partial charge in [-0.1, -0.05) is 26.2 Å². The molecule has 0 rings (SSSR count). The number of rotatable bonds is 7. The summed E-state index contributed by atoms with van der Waals surface area (Å²) in [4.78, 5) is 0. The first-order valence-electron chi connectivity index (χ1n) is 5.10. The summed E-state index contributed by atoms with van der Waals surface area (Å²) in [6.45, 7) is 4.48. The minimum atomic E-state index is 0. The number of nitrogens with one attached hydrogen (secondary N) is 2.